The second kappa shape index (κ2) is 40.1. The fraction of sp³-hybridized carbons (Fsp3) is 1.00. The zero-order valence-electron chi connectivity index (χ0n) is 36.9. The van der Waals surface area contributed by atoms with E-state index in [9.17, 15) is 10.2 Å². The average molecular weight is 749 g/mol. The van der Waals surface area contributed by atoms with E-state index in [2.05, 4.69) is 20.8 Å². The third-order valence-electron chi connectivity index (χ3n) is 13.2. The van der Waals surface area contributed by atoms with Gasteiger partial charge in [-0.05, 0) is 68.6 Å². The molecule has 0 saturated heterocycles. The minimum atomic E-state index is -0.272. The van der Waals surface area contributed by atoms with Crippen LogP contribution in [0.15, 0.2) is 0 Å². The first kappa shape index (κ1) is 50.9. The second-order valence-corrected chi connectivity index (χ2v) is 18.1. The Labute approximate surface area is 334 Å². The summed E-state index contributed by atoms with van der Waals surface area (Å²) < 4.78 is 5.86. The van der Waals surface area contributed by atoms with Gasteiger partial charge in [0.2, 0.25) is 0 Å². The van der Waals surface area contributed by atoms with E-state index in [0.717, 1.165) is 56.0 Å². The van der Waals surface area contributed by atoms with Gasteiger partial charge in [-0.1, -0.05) is 226 Å². The first-order chi connectivity index (χ1) is 26.2. The van der Waals surface area contributed by atoms with Crippen LogP contribution in [-0.2, 0) is 4.74 Å². The predicted molar refractivity (Wildman–Crippen MR) is 235 cm³/mol. The van der Waals surface area contributed by atoms with E-state index < -0.39 is 0 Å². The topological polar surface area (TPSA) is 49.7 Å². The van der Waals surface area contributed by atoms with Crippen molar-refractivity contribution in [2.75, 3.05) is 19.8 Å². The van der Waals surface area contributed by atoms with E-state index in [-0.39, 0.29) is 6.10 Å². The molecule has 2 N–H and O–H groups in total. The highest BCUT2D eigenvalue weighted by atomic mass is 16.5. The van der Waals surface area contributed by atoms with E-state index in [1.807, 2.05) is 0 Å². The summed E-state index contributed by atoms with van der Waals surface area (Å²) in [5.74, 6) is 3.94. The van der Waals surface area contributed by atoms with Crippen molar-refractivity contribution in [2.24, 2.45) is 23.7 Å². The summed E-state index contributed by atoms with van der Waals surface area (Å²) in [5.41, 5.74) is 0. The van der Waals surface area contributed by atoms with E-state index in [1.165, 1.54) is 225 Å². The highest BCUT2D eigenvalue weighted by Crippen LogP contribution is 2.47. The Hall–Kier alpha value is -0.120. The van der Waals surface area contributed by atoms with Crippen LogP contribution in [0.2, 0.25) is 0 Å². The predicted octanol–water partition coefficient (Wildman–Crippen LogP) is 16.1. The fourth-order valence-corrected chi connectivity index (χ4v) is 9.85. The van der Waals surface area contributed by atoms with Gasteiger partial charge in [0, 0.05) is 13.2 Å². The monoisotopic (exact) mass is 749 g/mol. The van der Waals surface area contributed by atoms with Crippen molar-refractivity contribution in [3.8, 4) is 0 Å². The van der Waals surface area contributed by atoms with Crippen LogP contribution in [0.25, 0.3) is 0 Å². The maximum absolute atomic E-state index is 10.3. The lowest BCUT2D eigenvalue weighted by Gasteiger charge is -2.44. The average Bonchev–Trinajstić information content (AvgIpc) is 3.16. The number of unbranched alkanes of at least 4 members (excludes halogenated alkanes) is 27. The third kappa shape index (κ3) is 30.7. The molecule has 0 amide bonds. The molecule has 5 unspecified atom stereocenters. The molecule has 1 rings (SSSR count). The Bertz CT molecular complexity index is 696. The minimum Gasteiger partial charge on any atom is -0.396 e. The van der Waals surface area contributed by atoms with Gasteiger partial charge in [0.1, 0.15) is 0 Å². The summed E-state index contributed by atoms with van der Waals surface area (Å²) in [6.07, 6.45) is 53.2. The molecule has 1 fully saturated rings. The molecule has 0 spiro atoms. The van der Waals surface area contributed by atoms with Crippen molar-refractivity contribution in [2.45, 2.75) is 277 Å². The van der Waals surface area contributed by atoms with Crippen molar-refractivity contribution in [3.05, 3.63) is 0 Å². The SMILES string of the molecule is CCCCCCCCCCCCC(O)COCCCCCCCCCC1C(CCCCCCCO)CCC(CCCCCCC)C1CCCCCCC. The van der Waals surface area contributed by atoms with Crippen LogP contribution >= 0.6 is 0 Å². The van der Waals surface area contributed by atoms with Crippen molar-refractivity contribution < 1.29 is 14.9 Å². The number of hydrogen-bond acceptors (Lipinski definition) is 3. The molecule has 0 bridgehead atoms. The summed E-state index contributed by atoms with van der Waals surface area (Å²) in [6, 6.07) is 0. The van der Waals surface area contributed by atoms with Crippen molar-refractivity contribution in [3.63, 3.8) is 0 Å². The quantitative estimate of drug-likeness (QED) is 0.0611. The van der Waals surface area contributed by atoms with Crippen LogP contribution in [0.1, 0.15) is 271 Å². The zero-order valence-corrected chi connectivity index (χ0v) is 36.9. The highest BCUT2D eigenvalue weighted by molar-refractivity contribution is 4.88. The molecule has 318 valence electrons. The third-order valence-corrected chi connectivity index (χ3v) is 13.2. The molecule has 3 nitrogen and oxygen atoms in total. The molecule has 1 aliphatic carbocycles. The van der Waals surface area contributed by atoms with Gasteiger partial charge in [0.05, 0.1) is 12.7 Å². The molecular weight excluding hydrogens is 649 g/mol. The molecule has 1 saturated carbocycles. The maximum atomic E-state index is 10.3. The van der Waals surface area contributed by atoms with Crippen molar-refractivity contribution in [1.82, 2.24) is 0 Å². The van der Waals surface area contributed by atoms with E-state index in [0.29, 0.717) is 13.2 Å². The summed E-state index contributed by atoms with van der Waals surface area (Å²) in [6.45, 7) is 8.69. The Balaban J connectivity index is 2.35. The summed E-state index contributed by atoms with van der Waals surface area (Å²) >= 11 is 0. The molecule has 0 aromatic carbocycles. The Kier molecular flexibility index (Phi) is 38.5. The summed E-state index contributed by atoms with van der Waals surface area (Å²) in [5, 5.41) is 19.5. The van der Waals surface area contributed by atoms with Crippen LogP contribution in [-0.4, -0.2) is 36.1 Å². The molecular formula is C50H100O3. The molecule has 0 aromatic rings. The first-order valence-electron chi connectivity index (χ1n) is 25.0. The van der Waals surface area contributed by atoms with Crippen LogP contribution in [0.4, 0.5) is 0 Å². The molecule has 0 heterocycles. The number of rotatable bonds is 42. The van der Waals surface area contributed by atoms with Crippen LogP contribution < -0.4 is 0 Å². The lowest BCUT2D eigenvalue weighted by atomic mass is 9.61. The Morgan fingerprint density at radius 3 is 1.17 bits per heavy atom. The largest absolute Gasteiger partial charge is 0.396 e. The van der Waals surface area contributed by atoms with E-state index in [4.69, 9.17) is 4.74 Å². The van der Waals surface area contributed by atoms with Gasteiger partial charge in [-0.25, -0.2) is 0 Å². The molecule has 5 atom stereocenters. The Morgan fingerprint density at radius 2 is 0.755 bits per heavy atom. The maximum Gasteiger partial charge on any atom is 0.0773 e. The van der Waals surface area contributed by atoms with Crippen LogP contribution in [0, 0.1) is 23.7 Å². The van der Waals surface area contributed by atoms with Crippen LogP contribution in [0.5, 0.6) is 0 Å². The standard InChI is InChI=1S/C50H100O3/c1-4-7-10-13-14-15-16-18-25-31-38-48(52)45-53-44-35-28-20-17-19-26-33-40-50-47(37-30-24-21-27-34-43-51)42-41-46(36-29-22-11-8-5-2)49(50)39-32-23-12-9-6-3/h46-52H,4-45H2,1-3H3. The summed E-state index contributed by atoms with van der Waals surface area (Å²) in [7, 11) is 0. The smallest absolute Gasteiger partial charge is 0.0773 e. The van der Waals surface area contributed by atoms with Gasteiger partial charge >= 0.3 is 0 Å². The lowest BCUT2D eigenvalue weighted by Crippen LogP contribution is -2.35. The van der Waals surface area contributed by atoms with E-state index in [1.54, 1.807) is 0 Å². The second-order valence-electron chi connectivity index (χ2n) is 18.1. The van der Waals surface area contributed by atoms with Gasteiger partial charge in [-0.15, -0.1) is 0 Å². The van der Waals surface area contributed by atoms with Crippen molar-refractivity contribution >= 4 is 0 Å². The molecule has 3 heteroatoms. The normalized spacial score (nSPS) is 19.6. The molecule has 0 radical (unpaired) electrons. The molecule has 1 aliphatic rings. The van der Waals surface area contributed by atoms with E-state index >= 15 is 0 Å². The minimum absolute atomic E-state index is 0.272. The zero-order chi connectivity index (χ0) is 38.3. The van der Waals surface area contributed by atoms with Gasteiger partial charge in [0.15, 0.2) is 0 Å². The van der Waals surface area contributed by atoms with Gasteiger partial charge in [-0.3, -0.25) is 0 Å². The van der Waals surface area contributed by atoms with Crippen LogP contribution in [0.3, 0.4) is 0 Å². The van der Waals surface area contributed by atoms with Gasteiger partial charge in [-0.2, -0.15) is 0 Å². The number of hydrogen-bond donors (Lipinski definition) is 2. The van der Waals surface area contributed by atoms with Gasteiger partial charge in [0.25, 0.3) is 0 Å². The Morgan fingerprint density at radius 1 is 0.415 bits per heavy atom. The molecule has 0 aromatic heterocycles. The van der Waals surface area contributed by atoms with Crippen molar-refractivity contribution in [1.29, 1.82) is 0 Å². The fourth-order valence-electron chi connectivity index (χ4n) is 9.85. The number of ether oxygens (including phenoxy) is 1. The highest BCUT2D eigenvalue weighted by Gasteiger charge is 2.37. The molecule has 0 aliphatic heterocycles. The lowest BCUT2D eigenvalue weighted by molar-refractivity contribution is 0.0297. The first-order valence-corrected chi connectivity index (χ1v) is 25.0. The summed E-state index contributed by atoms with van der Waals surface area (Å²) in [4.78, 5) is 0. The molecule has 53 heavy (non-hydrogen) atoms. The number of aliphatic hydroxyl groups excluding tert-OH is 2. The van der Waals surface area contributed by atoms with Gasteiger partial charge < -0.3 is 14.9 Å². The number of aliphatic hydroxyl groups is 2.